The lowest BCUT2D eigenvalue weighted by Gasteiger charge is -2.17. The Kier molecular flexibility index (Phi) is 3.88. The van der Waals surface area contributed by atoms with Crippen LogP contribution in [0.15, 0.2) is 35.5 Å². The molecule has 1 aliphatic heterocycles. The highest BCUT2D eigenvalue weighted by Crippen LogP contribution is 2.34. The molecule has 2 atom stereocenters. The van der Waals surface area contributed by atoms with Crippen molar-refractivity contribution in [1.82, 2.24) is 0 Å². The Morgan fingerprint density at radius 1 is 1.47 bits per heavy atom. The highest BCUT2D eigenvalue weighted by molar-refractivity contribution is 5.91. The molecule has 102 valence electrons. The molecule has 0 bridgehead atoms. The minimum absolute atomic E-state index is 0.108. The highest BCUT2D eigenvalue weighted by atomic mass is 16.5. The zero-order valence-corrected chi connectivity index (χ0v) is 11.0. The molecule has 1 fully saturated rings. The normalized spacial score (nSPS) is 30.8. The average Bonchev–Trinajstić information content (AvgIpc) is 2.60. The number of hydrogen-bond donors (Lipinski definition) is 1. The first-order chi connectivity index (χ1) is 8.99. The van der Waals surface area contributed by atoms with Crippen LogP contribution in [-0.2, 0) is 14.3 Å². The van der Waals surface area contributed by atoms with E-state index in [1.165, 1.54) is 0 Å². The number of rotatable bonds is 1. The fraction of sp³-hybridized carbons (Fsp3) is 0.467. The maximum atomic E-state index is 11.6. The summed E-state index contributed by atoms with van der Waals surface area (Å²) in [7, 11) is 0. The Hall–Kier alpha value is -1.84. The van der Waals surface area contributed by atoms with Gasteiger partial charge >= 0.3 is 11.9 Å². The van der Waals surface area contributed by atoms with E-state index in [1.54, 1.807) is 6.08 Å². The molecular formula is C15H18O4. The van der Waals surface area contributed by atoms with Crippen molar-refractivity contribution >= 4 is 11.9 Å². The van der Waals surface area contributed by atoms with Gasteiger partial charge in [0.15, 0.2) is 0 Å². The second-order valence-electron chi connectivity index (χ2n) is 5.13. The molecule has 0 unspecified atom stereocenters. The first-order valence-corrected chi connectivity index (χ1v) is 6.48. The Bertz CT molecular complexity index is 484. The summed E-state index contributed by atoms with van der Waals surface area (Å²) in [4.78, 5) is 22.7. The summed E-state index contributed by atoms with van der Waals surface area (Å²) in [6, 6.07) is 0. The van der Waals surface area contributed by atoms with Crippen LogP contribution in [0.2, 0.25) is 0 Å². The molecule has 2 aliphatic rings. The second-order valence-corrected chi connectivity index (χ2v) is 5.13. The lowest BCUT2D eigenvalue weighted by molar-refractivity contribution is -0.137. The van der Waals surface area contributed by atoms with E-state index in [9.17, 15) is 9.59 Å². The maximum Gasteiger partial charge on any atom is 0.334 e. The van der Waals surface area contributed by atoms with Crippen molar-refractivity contribution in [3.8, 4) is 0 Å². The molecule has 0 aromatic carbocycles. The van der Waals surface area contributed by atoms with Gasteiger partial charge in [0.25, 0.3) is 0 Å². The van der Waals surface area contributed by atoms with Crippen molar-refractivity contribution in [3.05, 3.63) is 35.5 Å². The second kappa shape index (κ2) is 5.43. The molecule has 0 radical (unpaired) electrons. The molecule has 0 aromatic rings. The van der Waals surface area contributed by atoms with Gasteiger partial charge in [-0.3, -0.25) is 0 Å². The van der Waals surface area contributed by atoms with Gasteiger partial charge in [-0.05, 0) is 38.7 Å². The van der Waals surface area contributed by atoms with Gasteiger partial charge in [0, 0.05) is 17.1 Å². The van der Waals surface area contributed by atoms with Crippen LogP contribution in [0.4, 0.5) is 0 Å². The number of fused-ring (bicyclic) bond motifs is 1. The van der Waals surface area contributed by atoms with E-state index < -0.39 is 5.97 Å². The minimum Gasteiger partial charge on any atom is -0.478 e. The minimum atomic E-state index is -0.880. The van der Waals surface area contributed by atoms with Gasteiger partial charge in [0.05, 0.1) is 0 Å². The van der Waals surface area contributed by atoms with Crippen molar-refractivity contribution in [3.63, 3.8) is 0 Å². The molecule has 1 N–H and O–H groups in total. The lowest BCUT2D eigenvalue weighted by Crippen LogP contribution is -2.16. The van der Waals surface area contributed by atoms with Gasteiger partial charge in [-0.25, -0.2) is 9.59 Å². The van der Waals surface area contributed by atoms with E-state index in [1.807, 2.05) is 13.0 Å². The Balaban J connectivity index is 2.26. The summed E-state index contributed by atoms with van der Waals surface area (Å²) in [6.45, 7) is 5.74. The van der Waals surface area contributed by atoms with E-state index in [0.717, 1.165) is 12.0 Å². The van der Waals surface area contributed by atoms with Crippen molar-refractivity contribution in [2.24, 2.45) is 5.92 Å². The smallest absolute Gasteiger partial charge is 0.334 e. The third-order valence-electron chi connectivity index (χ3n) is 3.73. The van der Waals surface area contributed by atoms with Gasteiger partial charge in [-0.15, -0.1) is 0 Å². The van der Waals surface area contributed by atoms with Gasteiger partial charge in [-0.1, -0.05) is 18.2 Å². The molecule has 0 amide bonds. The van der Waals surface area contributed by atoms with Gasteiger partial charge in [0.1, 0.15) is 6.10 Å². The van der Waals surface area contributed by atoms with Crippen molar-refractivity contribution in [1.29, 1.82) is 0 Å². The zero-order valence-electron chi connectivity index (χ0n) is 11.0. The molecule has 0 aromatic heterocycles. The number of allylic oxidation sites excluding steroid dienone is 2. The molecule has 4 nitrogen and oxygen atoms in total. The van der Waals surface area contributed by atoms with Crippen LogP contribution >= 0.6 is 0 Å². The number of aliphatic carboxylic acids is 1. The molecular weight excluding hydrogens is 244 g/mol. The van der Waals surface area contributed by atoms with E-state index in [2.05, 4.69) is 6.58 Å². The molecule has 1 saturated heterocycles. The van der Waals surface area contributed by atoms with Crippen LogP contribution in [0.1, 0.15) is 32.6 Å². The van der Waals surface area contributed by atoms with E-state index in [0.29, 0.717) is 30.4 Å². The quantitative estimate of drug-likeness (QED) is 0.448. The van der Waals surface area contributed by atoms with Crippen LogP contribution in [0.5, 0.6) is 0 Å². The number of ether oxygens (including phenoxy) is 1. The molecule has 0 spiro atoms. The number of carboxylic acid groups (broad SMARTS) is 1. The highest BCUT2D eigenvalue weighted by Gasteiger charge is 2.37. The third kappa shape index (κ3) is 2.95. The molecule has 1 heterocycles. The standard InChI is InChI=1S/C15H18O4/c1-9-4-3-5-11(14(16)17)6-7-12-10(2)15(18)19-13(12)8-9/h5,8,12-13H,2-4,6-7H2,1H3,(H,16,17)/b9-8?,11-5+/t12-,13+/m0/s1. The maximum absolute atomic E-state index is 11.6. The van der Waals surface area contributed by atoms with Gasteiger partial charge in [0.2, 0.25) is 0 Å². The van der Waals surface area contributed by atoms with Crippen LogP contribution in [0, 0.1) is 5.92 Å². The Labute approximate surface area is 112 Å². The molecule has 2 rings (SSSR count). The predicted molar refractivity (Wildman–Crippen MR) is 70.5 cm³/mol. The predicted octanol–water partition coefficient (Wildman–Crippen LogP) is 2.62. The van der Waals surface area contributed by atoms with Crippen LogP contribution in [-0.4, -0.2) is 23.1 Å². The number of carbonyl (C=O) groups is 2. The van der Waals surface area contributed by atoms with E-state index in [-0.39, 0.29) is 18.0 Å². The molecule has 19 heavy (non-hydrogen) atoms. The lowest BCUT2D eigenvalue weighted by atomic mass is 9.88. The summed E-state index contributed by atoms with van der Waals surface area (Å²) in [5.41, 5.74) is 1.99. The summed E-state index contributed by atoms with van der Waals surface area (Å²) in [6.07, 6.45) is 5.98. The fourth-order valence-electron chi connectivity index (χ4n) is 2.56. The number of carboxylic acids is 1. The Morgan fingerprint density at radius 3 is 2.89 bits per heavy atom. The topological polar surface area (TPSA) is 63.6 Å². The number of esters is 1. The largest absolute Gasteiger partial charge is 0.478 e. The van der Waals surface area contributed by atoms with Crippen LogP contribution in [0.3, 0.4) is 0 Å². The Morgan fingerprint density at radius 2 is 2.21 bits per heavy atom. The molecule has 0 saturated carbocycles. The van der Waals surface area contributed by atoms with Crippen molar-refractivity contribution in [2.45, 2.75) is 38.7 Å². The first-order valence-electron chi connectivity index (χ1n) is 6.48. The zero-order chi connectivity index (χ0) is 14.0. The van der Waals surface area contributed by atoms with Crippen LogP contribution < -0.4 is 0 Å². The fourth-order valence-corrected chi connectivity index (χ4v) is 2.56. The summed E-state index contributed by atoms with van der Waals surface area (Å²) in [5, 5.41) is 9.14. The first kappa shape index (κ1) is 13.6. The van der Waals surface area contributed by atoms with Gasteiger partial charge in [-0.2, -0.15) is 0 Å². The van der Waals surface area contributed by atoms with Crippen molar-refractivity contribution in [2.75, 3.05) is 0 Å². The average molecular weight is 262 g/mol. The molecule has 1 aliphatic carbocycles. The molecule has 4 heteroatoms. The van der Waals surface area contributed by atoms with E-state index >= 15 is 0 Å². The number of carbonyl (C=O) groups excluding carboxylic acids is 1. The summed E-state index contributed by atoms with van der Waals surface area (Å²) in [5.74, 6) is -1.35. The summed E-state index contributed by atoms with van der Waals surface area (Å²) < 4.78 is 5.29. The number of hydrogen-bond acceptors (Lipinski definition) is 3. The van der Waals surface area contributed by atoms with Gasteiger partial charge < -0.3 is 9.84 Å². The van der Waals surface area contributed by atoms with Crippen LogP contribution in [0.25, 0.3) is 0 Å². The third-order valence-corrected chi connectivity index (χ3v) is 3.73. The van der Waals surface area contributed by atoms with E-state index in [4.69, 9.17) is 9.84 Å². The van der Waals surface area contributed by atoms with Crippen molar-refractivity contribution < 1.29 is 19.4 Å². The monoisotopic (exact) mass is 262 g/mol. The summed E-state index contributed by atoms with van der Waals surface area (Å²) >= 11 is 0. The SMILES string of the molecule is C=C1C(=O)O[C@@H]2C=C(C)CC/C=C(/C(=O)O)CC[C@@H]12.